The molecule has 0 aromatic heterocycles. The number of hydrogen-bond acceptors (Lipinski definition) is 2. The topological polar surface area (TPSA) is 26.8 Å². The number of carbonyl (C=O) groups is 1. The average molecular weight is 253 g/mol. The fraction of sp³-hybridized carbons (Fsp3) is 0.929. The van der Waals surface area contributed by atoms with Crippen molar-refractivity contribution in [2.24, 2.45) is 5.92 Å². The molecule has 18 heavy (non-hydrogen) atoms. The van der Waals surface area contributed by atoms with Gasteiger partial charge in [0.25, 0.3) is 0 Å². The Kier molecular flexibility index (Phi) is 4.87. The lowest BCUT2D eigenvalue weighted by atomic mass is 9.93. The minimum atomic E-state index is 0.276. The molecule has 0 radical (unpaired) electrons. The molecule has 2 aliphatic heterocycles. The van der Waals surface area contributed by atoms with Gasteiger partial charge in [0, 0.05) is 39.3 Å². The highest BCUT2D eigenvalue weighted by atomic mass is 16.2. The maximum absolute atomic E-state index is 12.4. The van der Waals surface area contributed by atoms with E-state index in [4.69, 9.17) is 0 Å². The van der Waals surface area contributed by atoms with Gasteiger partial charge in [0.15, 0.2) is 0 Å². The summed E-state index contributed by atoms with van der Waals surface area (Å²) >= 11 is 0. The monoisotopic (exact) mass is 253 g/mol. The van der Waals surface area contributed by atoms with E-state index in [1.165, 1.54) is 25.7 Å². The maximum Gasteiger partial charge on any atom is 0.320 e. The number of likely N-dealkylation sites (N-methyl/N-ethyl adjacent to an activating group) is 1. The SMILES string of the molecule is CCCC1CCN(C(=O)N2CCN(C)CC2)CC1. The zero-order valence-corrected chi connectivity index (χ0v) is 11.9. The van der Waals surface area contributed by atoms with Crippen LogP contribution < -0.4 is 0 Å². The Hall–Kier alpha value is -0.770. The normalized spacial score (nSPS) is 23.4. The number of urea groups is 1. The number of carbonyl (C=O) groups excluding carboxylic acids is 1. The van der Waals surface area contributed by atoms with Gasteiger partial charge in [0.05, 0.1) is 0 Å². The molecule has 2 fully saturated rings. The fourth-order valence-corrected chi connectivity index (χ4v) is 3.02. The molecule has 4 heteroatoms. The number of rotatable bonds is 2. The molecule has 4 nitrogen and oxygen atoms in total. The van der Waals surface area contributed by atoms with Gasteiger partial charge in [-0.15, -0.1) is 0 Å². The van der Waals surface area contributed by atoms with Gasteiger partial charge in [-0.1, -0.05) is 19.8 Å². The smallest absolute Gasteiger partial charge is 0.320 e. The van der Waals surface area contributed by atoms with Crippen molar-refractivity contribution in [1.29, 1.82) is 0 Å². The summed E-state index contributed by atoms with van der Waals surface area (Å²) in [5, 5.41) is 0. The van der Waals surface area contributed by atoms with Crippen molar-refractivity contribution >= 4 is 6.03 Å². The van der Waals surface area contributed by atoms with Crippen LogP contribution in [0.25, 0.3) is 0 Å². The molecule has 0 aromatic carbocycles. The number of piperidine rings is 1. The minimum absolute atomic E-state index is 0.276. The van der Waals surface area contributed by atoms with Crippen LogP contribution >= 0.6 is 0 Å². The van der Waals surface area contributed by atoms with Crippen LogP contribution in [0.15, 0.2) is 0 Å². The van der Waals surface area contributed by atoms with Gasteiger partial charge in [-0.3, -0.25) is 0 Å². The Morgan fingerprint density at radius 1 is 1.00 bits per heavy atom. The van der Waals surface area contributed by atoms with E-state index in [-0.39, 0.29) is 6.03 Å². The van der Waals surface area contributed by atoms with E-state index < -0.39 is 0 Å². The number of hydrogen-bond donors (Lipinski definition) is 0. The third-order valence-corrected chi connectivity index (χ3v) is 4.36. The molecule has 0 spiro atoms. The lowest BCUT2D eigenvalue weighted by Gasteiger charge is -2.39. The van der Waals surface area contributed by atoms with Gasteiger partial charge in [-0.25, -0.2) is 4.79 Å². The first kappa shape index (κ1) is 13.7. The van der Waals surface area contributed by atoms with E-state index in [0.717, 1.165) is 45.2 Å². The van der Waals surface area contributed by atoms with E-state index in [1.54, 1.807) is 0 Å². The summed E-state index contributed by atoms with van der Waals surface area (Å²) < 4.78 is 0. The first-order valence-corrected chi connectivity index (χ1v) is 7.43. The molecule has 104 valence electrons. The molecule has 2 amide bonds. The van der Waals surface area contributed by atoms with Crippen molar-refractivity contribution in [2.45, 2.75) is 32.6 Å². The molecule has 0 unspecified atom stereocenters. The Bertz CT molecular complexity index is 266. The predicted octanol–water partition coefficient (Wildman–Crippen LogP) is 1.87. The molecule has 0 saturated carbocycles. The zero-order chi connectivity index (χ0) is 13.0. The summed E-state index contributed by atoms with van der Waals surface area (Å²) in [5.41, 5.74) is 0. The quantitative estimate of drug-likeness (QED) is 0.751. The summed E-state index contributed by atoms with van der Waals surface area (Å²) in [5.74, 6) is 0.853. The largest absolute Gasteiger partial charge is 0.325 e. The van der Waals surface area contributed by atoms with Gasteiger partial charge in [-0.05, 0) is 25.8 Å². The second-order valence-electron chi connectivity index (χ2n) is 5.79. The van der Waals surface area contributed by atoms with Crippen molar-refractivity contribution in [3.05, 3.63) is 0 Å². The molecular formula is C14H27N3O. The third-order valence-electron chi connectivity index (χ3n) is 4.36. The van der Waals surface area contributed by atoms with Gasteiger partial charge in [-0.2, -0.15) is 0 Å². The van der Waals surface area contributed by atoms with Gasteiger partial charge < -0.3 is 14.7 Å². The second-order valence-corrected chi connectivity index (χ2v) is 5.79. The lowest BCUT2D eigenvalue weighted by Crippen LogP contribution is -2.53. The molecular weight excluding hydrogens is 226 g/mol. The molecule has 0 N–H and O–H groups in total. The molecule has 2 aliphatic rings. The molecule has 0 atom stereocenters. The molecule has 2 rings (SSSR count). The van der Waals surface area contributed by atoms with E-state index in [0.29, 0.717) is 0 Å². The Labute approximate surface area is 111 Å². The van der Waals surface area contributed by atoms with Crippen molar-refractivity contribution in [3.8, 4) is 0 Å². The number of piperazine rings is 1. The zero-order valence-electron chi connectivity index (χ0n) is 11.9. The van der Waals surface area contributed by atoms with Crippen LogP contribution in [0.1, 0.15) is 32.6 Å². The van der Waals surface area contributed by atoms with E-state index in [1.807, 2.05) is 4.90 Å². The summed E-state index contributed by atoms with van der Waals surface area (Å²) in [6, 6.07) is 0.276. The summed E-state index contributed by atoms with van der Waals surface area (Å²) in [7, 11) is 2.12. The van der Waals surface area contributed by atoms with E-state index >= 15 is 0 Å². The summed E-state index contributed by atoms with van der Waals surface area (Å²) in [6.07, 6.45) is 5.01. The van der Waals surface area contributed by atoms with E-state index in [2.05, 4.69) is 23.8 Å². The minimum Gasteiger partial charge on any atom is -0.325 e. The van der Waals surface area contributed by atoms with Crippen molar-refractivity contribution in [2.75, 3.05) is 46.3 Å². The standard InChI is InChI=1S/C14H27N3O/c1-3-4-13-5-7-16(8-6-13)14(18)17-11-9-15(2)10-12-17/h13H,3-12H2,1-2H3. The van der Waals surface area contributed by atoms with Crippen LogP contribution in [-0.4, -0.2) is 67.0 Å². The van der Waals surface area contributed by atoms with Gasteiger partial charge in [0.2, 0.25) is 0 Å². The average Bonchev–Trinajstić information content (AvgIpc) is 2.40. The van der Waals surface area contributed by atoms with Crippen molar-refractivity contribution in [1.82, 2.24) is 14.7 Å². The van der Waals surface area contributed by atoms with Crippen LogP contribution in [0.4, 0.5) is 4.79 Å². The predicted molar refractivity (Wildman–Crippen MR) is 73.7 cm³/mol. The van der Waals surface area contributed by atoms with Gasteiger partial charge in [0.1, 0.15) is 0 Å². The highest BCUT2D eigenvalue weighted by molar-refractivity contribution is 5.74. The first-order chi connectivity index (χ1) is 8.70. The fourth-order valence-electron chi connectivity index (χ4n) is 3.02. The molecule has 0 bridgehead atoms. The molecule has 0 aromatic rings. The number of likely N-dealkylation sites (tertiary alicyclic amines) is 1. The van der Waals surface area contributed by atoms with Crippen LogP contribution in [0.2, 0.25) is 0 Å². The third kappa shape index (κ3) is 3.37. The Morgan fingerprint density at radius 2 is 1.56 bits per heavy atom. The molecule has 0 aliphatic carbocycles. The summed E-state index contributed by atoms with van der Waals surface area (Å²) in [4.78, 5) is 18.7. The highest BCUT2D eigenvalue weighted by Crippen LogP contribution is 2.22. The van der Waals surface area contributed by atoms with Crippen LogP contribution in [0, 0.1) is 5.92 Å². The molecule has 2 saturated heterocycles. The maximum atomic E-state index is 12.4. The Morgan fingerprint density at radius 3 is 2.11 bits per heavy atom. The number of amides is 2. The van der Waals surface area contributed by atoms with Crippen LogP contribution in [0.5, 0.6) is 0 Å². The highest BCUT2D eigenvalue weighted by Gasteiger charge is 2.27. The number of nitrogens with zero attached hydrogens (tertiary/aromatic N) is 3. The van der Waals surface area contributed by atoms with Crippen molar-refractivity contribution in [3.63, 3.8) is 0 Å². The summed E-state index contributed by atoms with van der Waals surface area (Å²) in [6.45, 7) is 8.00. The van der Waals surface area contributed by atoms with Crippen molar-refractivity contribution < 1.29 is 4.79 Å². The van der Waals surface area contributed by atoms with Gasteiger partial charge >= 0.3 is 6.03 Å². The van der Waals surface area contributed by atoms with E-state index in [9.17, 15) is 4.79 Å². The molecule has 2 heterocycles. The second kappa shape index (κ2) is 6.41. The van der Waals surface area contributed by atoms with Crippen LogP contribution in [-0.2, 0) is 0 Å². The Balaban J connectivity index is 1.77. The lowest BCUT2D eigenvalue weighted by molar-refractivity contribution is 0.108. The first-order valence-electron chi connectivity index (χ1n) is 7.43. The van der Waals surface area contributed by atoms with Crippen LogP contribution in [0.3, 0.4) is 0 Å².